The van der Waals surface area contributed by atoms with Gasteiger partial charge in [0.1, 0.15) is 23.3 Å². The summed E-state index contributed by atoms with van der Waals surface area (Å²) in [6.45, 7) is 1.67. The van der Waals surface area contributed by atoms with Gasteiger partial charge in [-0.3, -0.25) is 9.59 Å². The molecule has 0 aliphatic heterocycles. The molecular formula is C19H18O8. The first-order chi connectivity index (χ1) is 12.9. The molecule has 0 atom stereocenters. The molecule has 142 valence electrons. The standard InChI is InChI=1S/C19H18O8/c1-5-6-13-18(22)17(21)12(9-27-13)16(20)15-11(19(23)26-4)7-10(24-2)8-14(15)25-3/h5-9,22H,1-4H3. The SMILES string of the molecule is CC=Cc1occ(C(=O)c2c(OC)cc(OC)cc2C(=O)OC)c(=O)c1O. The summed E-state index contributed by atoms with van der Waals surface area (Å²) in [5.41, 5.74) is -1.77. The first-order valence-electron chi connectivity index (χ1n) is 7.76. The van der Waals surface area contributed by atoms with Gasteiger partial charge in [0, 0.05) is 6.07 Å². The highest BCUT2D eigenvalue weighted by atomic mass is 16.5. The molecule has 0 aliphatic rings. The summed E-state index contributed by atoms with van der Waals surface area (Å²) in [6.07, 6.45) is 3.85. The lowest BCUT2D eigenvalue weighted by Gasteiger charge is -2.14. The highest BCUT2D eigenvalue weighted by molar-refractivity contribution is 6.16. The maximum atomic E-state index is 13.0. The van der Waals surface area contributed by atoms with Gasteiger partial charge in [-0.05, 0) is 19.1 Å². The Kier molecular flexibility index (Phi) is 6.02. The number of aromatic hydroxyl groups is 1. The van der Waals surface area contributed by atoms with Crippen molar-refractivity contribution in [2.45, 2.75) is 6.92 Å². The Morgan fingerprint density at radius 3 is 2.37 bits per heavy atom. The Morgan fingerprint density at radius 1 is 1.11 bits per heavy atom. The van der Waals surface area contributed by atoms with E-state index in [0.717, 1.165) is 13.4 Å². The van der Waals surface area contributed by atoms with Gasteiger partial charge in [0.05, 0.1) is 32.5 Å². The van der Waals surface area contributed by atoms with Gasteiger partial charge < -0.3 is 23.7 Å². The number of ketones is 1. The van der Waals surface area contributed by atoms with Crippen molar-refractivity contribution >= 4 is 17.8 Å². The van der Waals surface area contributed by atoms with E-state index in [1.807, 2.05) is 0 Å². The monoisotopic (exact) mass is 374 g/mol. The van der Waals surface area contributed by atoms with Crippen LogP contribution in [0.1, 0.15) is 39.0 Å². The number of benzene rings is 1. The van der Waals surface area contributed by atoms with Crippen LogP contribution in [-0.4, -0.2) is 38.2 Å². The van der Waals surface area contributed by atoms with Crippen LogP contribution in [0.5, 0.6) is 17.2 Å². The summed E-state index contributed by atoms with van der Waals surface area (Å²) in [5, 5.41) is 9.99. The number of esters is 1. The second-order valence-electron chi connectivity index (χ2n) is 5.26. The zero-order valence-corrected chi connectivity index (χ0v) is 15.2. The molecule has 0 radical (unpaired) electrons. The molecule has 1 aromatic carbocycles. The van der Waals surface area contributed by atoms with E-state index >= 15 is 0 Å². The lowest BCUT2D eigenvalue weighted by atomic mass is 9.97. The molecule has 0 aliphatic carbocycles. The van der Waals surface area contributed by atoms with E-state index in [9.17, 15) is 19.5 Å². The van der Waals surface area contributed by atoms with Gasteiger partial charge in [-0.25, -0.2) is 4.79 Å². The number of ether oxygens (including phenoxy) is 3. The quantitative estimate of drug-likeness (QED) is 0.606. The molecule has 0 unspecified atom stereocenters. The highest BCUT2D eigenvalue weighted by Crippen LogP contribution is 2.31. The predicted octanol–water partition coefficient (Wildman–Crippen LogP) is 2.41. The second-order valence-corrected chi connectivity index (χ2v) is 5.26. The van der Waals surface area contributed by atoms with Gasteiger partial charge in [-0.1, -0.05) is 6.08 Å². The molecular weight excluding hydrogens is 356 g/mol. The summed E-state index contributed by atoms with van der Waals surface area (Å²) < 4.78 is 20.1. The summed E-state index contributed by atoms with van der Waals surface area (Å²) >= 11 is 0. The van der Waals surface area contributed by atoms with Crippen molar-refractivity contribution in [3.63, 3.8) is 0 Å². The van der Waals surface area contributed by atoms with Gasteiger partial charge in [0.25, 0.3) is 0 Å². The van der Waals surface area contributed by atoms with Crippen LogP contribution in [0.3, 0.4) is 0 Å². The lowest BCUT2D eigenvalue weighted by Crippen LogP contribution is -2.20. The number of rotatable bonds is 6. The summed E-state index contributed by atoms with van der Waals surface area (Å²) in [4.78, 5) is 37.5. The van der Waals surface area contributed by atoms with Crippen molar-refractivity contribution in [2.75, 3.05) is 21.3 Å². The van der Waals surface area contributed by atoms with E-state index in [4.69, 9.17) is 18.6 Å². The fourth-order valence-electron chi connectivity index (χ4n) is 2.41. The Morgan fingerprint density at radius 2 is 1.81 bits per heavy atom. The van der Waals surface area contributed by atoms with Crippen LogP contribution >= 0.6 is 0 Å². The Bertz CT molecular complexity index is 968. The van der Waals surface area contributed by atoms with Crippen molar-refractivity contribution in [3.8, 4) is 17.2 Å². The van der Waals surface area contributed by atoms with E-state index in [-0.39, 0.29) is 28.4 Å². The number of allylic oxidation sites excluding steroid dienone is 1. The first kappa shape index (κ1) is 19.8. The van der Waals surface area contributed by atoms with Gasteiger partial charge >= 0.3 is 5.97 Å². The molecule has 8 heteroatoms. The summed E-state index contributed by atoms with van der Waals surface area (Å²) in [6, 6.07) is 2.67. The molecule has 0 fully saturated rings. The van der Waals surface area contributed by atoms with Crippen molar-refractivity contribution in [3.05, 3.63) is 57.1 Å². The van der Waals surface area contributed by atoms with E-state index in [1.54, 1.807) is 13.0 Å². The molecule has 27 heavy (non-hydrogen) atoms. The number of carbonyl (C=O) groups excluding carboxylic acids is 2. The van der Waals surface area contributed by atoms with Crippen LogP contribution in [0.25, 0.3) is 6.08 Å². The minimum atomic E-state index is -0.937. The maximum Gasteiger partial charge on any atom is 0.338 e. The molecule has 0 bridgehead atoms. The van der Waals surface area contributed by atoms with E-state index in [1.165, 1.54) is 32.4 Å². The molecule has 2 aromatic rings. The predicted molar refractivity (Wildman–Crippen MR) is 95.7 cm³/mol. The largest absolute Gasteiger partial charge is 0.502 e. The number of hydrogen-bond acceptors (Lipinski definition) is 8. The molecule has 0 amide bonds. The maximum absolute atomic E-state index is 13.0. The zero-order chi connectivity index (χ0) is 20.1. The van der Waals surface area contributed by atoms with Crippen LogP contribution in [0.15, 0.2) is 33.7 Å². The van der Waals surface area contributed by atoms with Crippen LogP contribution in [0.4, 0.5) is 0 Å². The Hall–Kier alpha value is -3.55. The zero-order valence-electron chi connectivity index (χ0n) is 15.2. The van der Waals surface area contributed by atoms with Crippen molar-refractivity contribution in [2.24, 2.45) is 0 Å². The van der Waals surface area contributed by atoms with Gasteiger partial charge in [-0.2, -0.15) is 0 Å². The summed E-state index contributed by atoms with van der Waals surface area (Å²) in [5.74, 6) is -2.25. The normalized spacial score (nSPS) is 10.7. The Balaban J connectivity index is 2.74. The van der Waals surface area contributed by atoms with E-state index in [2.05, 4.69) is 0 Å². The van der Waals surface area contributed by atoms with E-state index in [0.29, 0.717) is 0 Å². The van der Waals surface area contributed by atoms with Gasteiger partial charge in [-0.15, -0.1) is 0 Å². The first-order valence-corrected chi connectivity index (χ1v) is 7.76. The molecule has 8 nitrogen and oxygen atoms in total. The lowest BCUT2D eigenvalue weighted by molar-refractivity contribution is 0.0596. The third-order valence-corrected chi connectivity index (χ3v) is 3.72. The average molecular weight is 374 g/mol. The minimum Gasteiger partial charge on any atom is -0.502 e. The Labute approximate surface area is 154 Å². The fourth-order valence-corrected chi connectivity index (χ4v) is 2.41. The number of methoxy groups -OCH3 is 3. The molecule has 1 heterocycles. The van der Waals surface area contributed by atoms with E-state index < -0.39 is 28.5 Å². The average Bonchev–Trinajstić information content (AvgIpc) is 2.69. The van der Waals surface area contributed by atoms with Crippen molar-refractivity contribution < 1.29 is 33.3 Å². The molecule has 1 aromatic heterocycles. The molecule has 0 saturated heterocycles. The third-order valence-electron chi connectivity index (χ3n) is 3.72. The smallest absolute Gasteiger partial charge is 0.338 e. The molecule has 0 saturated carbocycles. The fraction of sp³-hybridized carbons (Fsp3) is 0.211. The molecule has 1 N–H and O–H groups in total. The van der Waals surface area contributed by atoms with Crippen LogP contribution in [0.2, 0.25) is 0 Å². The summed E-state index contributed by atoms with van der Waals surface area (Å²) in [7, 11) is 3.82. The number of carbonyl (C=O) groups is 2. The van der Waals surface area contributed by atoms with Gasteiger partial charge in [0.2, 0.25) is 17.0 Å². The third kappa shape index (κ3) is 3.69. The molecule has 2 rings (SSSR count). The number of hydrogen-bond donors (Lipinski definition) is 1. The van der Waals surface area contributed by atoms with Crippen molar-refractivity contribution in [1.29, 1.82) is 0 Å². The highest BCUT2D eigenvalue weighted by Gasteiger charge is 2.28. The second kappa shape index (κ2) is 8.22. The minimum absolute atomic E-state index is 0.00355. The van der Waals surface area contributed by atoms with Crippen LogP contribution in [-0.2, 0) is 4.74 Å². The van der Waals surface area contributed by atoms with Gasteiger partial charge in [0.15, 0.2) is 5.76 Å². The van der Waals surface area contributed by atoms with Crippen LogP contribution < -0.4 is 14.9 Å². The topological polar surface area (TPSA) is 112 Å². The van der Waals surface area contributed by atoms with Crippen LogP contribution in [0, 0.1) is 0 Å². The van der Waals surface area contributed by atoms with Crippen molar-refractivity contribution in [1.82, 2.24) is 0 Å². The molecule has 0 spiro atoms.